The summed E-state index contributed by atoms with van der Waals surface area (Å²) in [6, 6.07) is 0. The summed E-state index contributed by atoms with van der Waals surface area (Å²) >= 11 is 0. The lowest BCUT2D eigenvalue weighted by Gasteiger charge is -2.18. The number of allylic oxidation sites excluding steroid dienone is 1. The van der Waals surface area contributed by atoms with Crippen LogP contribution in [0.25, 0.3) is 0 Å². The van der Waals surface area contributed by atoms with Gasteiger partial charge < -0.3 is 0 Å². The van der Waals surface area contributed by atoms with Gasteiger partial charge in [0.2, 0.25) is 0 Å². The Morgan fingerprint density at radius 1 is 0.640 bits per heavy atom. The molecule has 0 N–H and O–H groups in total. The fourth-order valence-corrected chi connectivity index (χ4v) is 3.80. The van der Waals surface area contributed by atoms with Gasteiger partial charge in [-0.3, -0.25) is 0 Å². The molecule has 3 atom stereocenters. The SMILES string of the molecule is CCCC=C=CCC(C)CCCCCC(CCC)CCC(C)CCC. The second-order valence-electron chi connectivity index (χ2n) is 8.47. The topological polar surface area (TPSA) is 0 Å². The molecule has 0 aliphatic carbocycles. The third-order valence-electron chi connectivity index (χ3n) is 5.54. The molecule has 0 rings (SSSR count). The second kappa shape index (κ2) is 18.3. The first kappa shape index (κ1) is 24.5. The number of hydrogen-bond donors (Lipinski definition) is 0. The molecule has 0 aromatic rings. The van der Waals surface area contributed by atoms with Crippen molar-refractivity contribution in [3.63, 3.8) is 0 Å². The van der Waals surface area contributed by atoms with E-state index in [1.165, 1.54) is 89.9 Å². The average Bonchev–Trinajstić information content (AvgIpc) is 2.59. The van der Waals surface area contributed by atoms with Crippen LogP contribution < -0.4 is 0 Å². The van der Waals surface area contributed by atoms with Gasteiger partial charge >= 0.3 is 0 Å². The minimum atomic E-state index is 0.823. The van der Waals surface area contributed by atoms with E-state index in [0.717, 1.165) is 17.8 Å². The molecule has 148 valence electrons. The van der Waals surface area contributed by atoms with Crippen molar-refractivity contribution in [1.29, 1.82) is 0 Å². The number of rotatable bonds is 17. The van der Waals surface area contributed by atoms with Crippen LogP contribution in [0.5, 0.6) is 0 Å². The lowest BCUT2D eigenvalue weighted by molar-refractivity contribution is 0.344. The monoisotopic (exact) mass is 348 g/mol. The highest BCUT2D eigenvalue weighted by Gasteiger charge is 2.10. The Balaban J connectivity index is 3.77. The Bertz CT molecular complexity index is 321. The summed E-state index contributed by atoms with van der Waals surface area (Å²) in [4.78, 5) is 0. The van der Waals surface area contributed by atoms with Crippen molar-refractivity contribution in [2.45, 2.75) is 125 Å². The van der Waals surface area contributed by atoms with Crippen molar-refractivity contribution in [3.8, 4) is 0 Å². The summed E-state index contributed by atoms with van der Waals surface area (Å²) in [6.07, 6.45) is 23.7. The van der Waals surface area contributed by atoms with Crippen LogP contribution in [0, 0.1) is 17.8 Å². The molecule has 0 saturated carbocycles. The smallest absolute Gasteiger partial charge is 0.0249 e. The molecule has 0 saturated heterocycles. The van der Waals surface area contributed by atoms with Crippen LogP contribution in [-0.2, 0) is 0 Å². The van der Waals surface area contributed by atoms with Gasteiger partial charge in [-0.05, 0) is 42.7 Å². The average molecular weight is 349 g/mol. The molecule has 0 heterocycles. The largest absolute Gasteiger partial charge is 0.130 e. The van der Waals surface area contributed by atoms with Crippen LogP contribution in [0.15, 0.2) is 17.9 Å². The maximum atomic E-state index is 3.33. The maximum absolute atomic E-state index is 3.33. The zero-order valence-corrected chi connectivity index (χ0v) is 18.3. The molecule has 0 amide bonds. The highest BCUT2D eigenvalue weighted by Crippen LogP contribution is 2.25. The molecule has 0 heteroatoms. The summed E-state index contributed by atoms with van der Waals surface area (Å²) < 4.78 is 0. The molecule has 0 aliphatic heterocycles. The summed E-state index contributed by atoms with van der Waals surface area (Å²) in [5, 5.41) is 0. The van der Waals surface area contributed by atoms with Crippen LogP contribution in [0.2, 0.25) is 0 Å². The number of hydrogen-bond acceptors (Lipinski definition) is 0. The molecule has 0 bridgehead atoms. The van der Waals surface area contributed by atoms with E-state index < -0.39 is 0 Å². The van der Waals surface area contributed by atoms with Gasteiger partial charge in [0.05, 0.1) is 0 Å². The van der Waals surface area contributed by atoms with Gasteiger partial charge in [-0.25, -0.2) is 0 Å². The van der Waals surface area contributed by atoms with Crippen molar-refractivity contribution in [1.82, 2.24) is 0 Å². The van der Waals surface area contributed by atoms with Crippen LogP contribution in [-0.4, -0.2) is 0 Å². The van der Waals surface area contributed by atoms with E-state index in [1.54, 1.807) is 0 Å². The van der Waals surface area contributed by atoms with Gasteiger partial charge in [-0.1, -0.05) is 112 Å². The first-order chi connectivity index (χ1) is 12.1. The van der Waals surface area contributed by atoms with E-state index in [2.05, 4.69) is 52.5 Å². The van der Waals surface area contributed by atoms with Gasteiger partial charge in [-0.2, -0.15) is 0 Å². The van der Waals surface area contributed by atoms with Gasteiger partial charge in [0, 0.05) is 0 Å². The van der Waals surface area contributed by atoms with Gasteiger partial charge in [0.25, 0.3) is 0 Å². The quantitative estimate of drug-likeness (QED) is 0.181. The van der Waals surface area contributed by atoms with E-state index in [1.807, 2.05) is 0 Å². The second-order valence-corrected chi connectivity index (χ2v) is 8.47. The third kappa shape index (κ3) is 16.7. The summed E-state index contributed by atoms with van der Waals surface area (Å²) in [7, 11) is 0. The molecular formula is C25H48. The van der Waals surface area contributed by atoms with E-state index in [9.17, 15) is 0 Å². The molecule has 0 nitrogen and oxygen atoms in total. The Hall–Kier alpha value is -0.480. The van der Waals surface area contributed by atoms with Crippen molar-refractivity contribution in [2.24, 2.45) is 17.8 Å². The number of unbranched alkanes of at least 4 members (excludes halogenated alkanes) is 3. The zero-order chi connectivity index (χ0) is 18.8. The van der Waals surface area contributed by atoms with E-state index in [4.69, 9.17) is 0 Å². The third-order valence-corrected chi connectivity index (χ3v) is 5.54. The standard InChI is InChI=1S/C25H48/c1-6-9-10-11-13-18-24(5)19-14-12-15-20-25(17-8-3)22-21-23(4)16-7-2/h10,13,23-25H,6-9,12,14-22H2,1-5H3. The van der Waals surface area contributed by atoms with E-state index in [0.29, 0.717) is 0 Å². The predicted octanol–water partition coefficient (Wildman–Crippen LogP) is 9.11. The van der Waals surface area contributed by atoms with Crippen molar-refractivity contribution >= 4 is 0 Å². The Labute approximate surface area is 160 Å². The molecule has 0 aromatic heterocycles. The Morgan fingerprint density at radius 3 is 2.04 bits per heavy atom. The van der Waals surface area contributed by atoms with Crippen LogP contribution >= 0.6 is 0 Å². The predicted molar refractivity (Wildman–Crippen MR) is 116 cm³/mol. The van der Waals surface area contributed by atoms with E-state index in [-0.39, 0.29) is 0 Å². The van der Waals surface area contributed by atoms with Gasteiger partial charge in [-0.15, -0.1) is 5.73 Å². The minimum Gasteiger partial charge on any atom is -0.130 e. The lowest BCUT2D eigenvalue weighted by Crippen LogP contribution is -2.04. The molecule has 3 unspecified atom stereocenters. The summed E-state index contributed by atoms with van der Waals surface area (Å²) in [6.45, 7) is 11.7. The summed E-state index contributed by atoms with van der Waals surface area (Å²) in [5.41, 5.74) is 3.33. The Morgan fingerprint density at radius 2 is 1.36 bits per heavy atom. The fraction of sp³-hybridized carbons (Fsp3) is 0.880. The van der Waals surface area contributed by atoms with Crippen molar-refractivity contribution in [3.05, 3.63) is 17.9 Å². The highest BCUT2D eigenvalue weighted by molar-refractivity contribution is 4.85. The lowest BCUT2D eigenvalue weighted by atomic mass is 9.87. The molecule has 0 aliphatic rings. The highest BCUT2D eigenvalue weighted by atomic mass is 14.2. The van der Waals surface area contributed by atoms with Crippen molar-refractivity contribution in [2.75, 3.05) is 0 Å². The minimum absolute atomic E-state index is 0.823. The zero-order valence-electron chi connectivity index (χ0n) is 18.3. The van der Waals surface area contributed by atoms with Crippen LogP contribution in [0.4, 0.5) is 0 Å². The fourth-order valence-electron chi connectivity index (χ4n) is 3.80. The van der Waals surface area contributed by atoms with Crippen molar-refractivity contribution < 1.29 is 0 Å². The first-order valence-electron chi connectivity index (χ1n) is 11.5. The molecule has 0 aromatic carbocycles. The van der Waals surface area contributed by atoms with Crippen LogP contribution in [0.1, 0.15) is 125 Å². The maximum Gasteiger partial charge on any atom is -0.0249 e. The molecule has 0 radical (unpaired) electrons. The Kier molecular flexibility index (Phi) is 18.0. The molecule has 0 spiro atoms. The molecular weight excluding hydrogens is 300 g/mol. The van der Waals surface area contributed by atoms with Gasteiger partial charge in [0.1, 0.15) is 0 Å². The van der Waals surface area contributed by atoms with Crippen LogP contribution in [0.3, 0.4) is 0 Å². The van der Waals surface area contributed by atoms with Gasteiger partial charge in [0.15, 0.2) is 0 Å². The summed E-state index contributed by atoms with van der Waals surface area (Å²) in [5.74, 6) is 2.75. The first-order valence-corrected chi connectivity index (χ1v) is 11.5. The normalized spacial score (nSPS) is 14.6. The molecule has 0 fully saturated rings. The molecule has 25 heavy (non-hydrogen) atoms. The van der Waals surface area contributed by atoms with E-state index >= 15 is 0 Å².